The molecule has 2 heterocycles. The van der Waals surface area contributed by atoms with Crippen molar-refractivity contribution in [2.24, 2.45) is 4.99 Å². The Kier molecular flexibility index (Phi) is 9.59. The number of halogens is 1. The summed E-state index contributed by atoms with van der Waals surface area (Å²) in [5.41, 5.74) is 1.91. The zero-order valence-corrected chi connectivity index (χ0v) is 21.6. The molecule has 0 amide bonds. The Morgan fingerprint density at radius 1 is 1.15 bits per heavy atom. The maximum absolute atomic E-state index is 6.30. The minimum atomic E-state index is 0. The summed E-state index contributed by atoms with van der Waals surface area (Å²) in [6.07, 6.45) is 7.71. The predicted octanol–water partition coefficient (Wildman–Crippen LogP) is 3.98. The van der Waals surface area contributed by atoms with Gasteiger partial charge < -0.3 is 20.1 Å². The third-order valence-corrected chi connectivity index (χ3v) is 5.65. The highest BCUT2D eigenvalue weighted by Crippen LogP contribution is 2.30. The van der Waals surface area contributed by atoms with Gasteiger partial charge in [-0.05, 0) is 56.9 Å². The molecule has 1 saturated carbocycles. The third kappa shape index (κ3) is 6.72. The molecule has 4 rings (SSSR count). The van der Waals surface area contributed by atoms with E-state index in [0.29, 0.717) is 13.1 Å². The van der Waals surface area contributed by atoms with E-state index in [-0.39, 0.29) is 30.1 Å². The number of hydrogen-bond acceptors (Lipinski definition) is 5. The number of methoxy groups -OCH3 is 1. The van der Waals surface area contributed by atoms with Crippen LogP contribution in [0, 0.1) is 0 Å². The van der Waals surface area contributed by atoms with Gasteiger partial charge in [0.05, 0.1) is 19.8 Å². The molecule has 8 nitrogen and oxygen atoms in total. The van der Waals surface area contributed by atoms with Gasteiger partial charge >= 0.3 is 0 Å². The first-order valence-electron chi connectivity index (χ1n) is 11.4. The third-order valence-electron chi connectivity index (χ3n) is 5.65. The highest BCUT2D eigenvalue weighted by molar-refractivity contribution is 14.0. The van der Waals surface area contributed by atoms with Crippen molar-refractivity contribution >= 4 is 35.6 Å². The van der Waals surface area contributed by atoms with E-state index in [1.807, 2.05) is 47.0 Å². The van der Waals surface area contributed by atoms with E-state index in [1.165, 1.54) is 12.8 Å². The van der Waals surface area contributed by atoms with Crippen molar-refractivity contribution in [3.05, 3.63) is 54.0 Å². The number of nitrogens with one attached hydrogen (secondary N) is 2. The number of fused-ring (bicyclic) bond motifs is 1. The maximum atomic E-state index is 6.30. The normalized spacial score (nSPS) is 14.2. The van der Waals surface area contributed by atoms with E-state index in [1.54, 1.807) is 7.11 Å². The van der Waals surface area contributed by atoms with Crippen LogP contribution in [0.15, 0.2) is 47.6 Å². The number of ether oxygens (including phenoxy) is 2. The van der Waals surface area contributed by atoms with Crippen molar-refractivity contribution in [1.82, 2.24) is 25.2 Å². The first-order chi connectivity index (χ1) is 15.8. The van der Waals surface area contributed by atoms with Gasteiger partial charge in [-0.15, -0.1) is 34.2 Å². The molecule has 1 aliphatic carbocycles. The van der Waals surface area contributed by atoms with Gasteiger partial charge in [0, 0.05) is 37.3 Å². The van der Waals surface area contributed by atoms with Gasteiger partial charge in [-0.25, -0.2) is 4.99 Å². The van der Waals surface area contributed by atoms with Crippen LogP contribution < -0.4 is 20.1 Å². The lowest BCUT2D eigenvalue weighted by Gasteiger charge is -2.17. The zero-order chi connectivity index (χ0) is 22.2. The molecular weight excluding hydrogens is 531 g/mol. The second-order valence-corrected chi connectivity index (χ2v) is 7.91. The number of pyridine rings is 1. The van der Waals surface area contributed by atoms with Crippen molar-refractivity contribution in [2.75, 3.05) is 20.2 Å². The Morgan fingerprint density at radius 2 is 2.00 bits per heavy atom. The molecule has 1 fully saturated rings. The summed E-state index contributed by atoms with van der Waals surface area (Å²) in [4.78, 5) is 4.79. The highest BCUT2D eigenvalue weighted by atomic mass is 127. The summed E-state index contributed by atoms with van der Waals surface area (Å²) >= 11 is 0. The van der Waals surface area contributed by atoms with Crippen LogP contribution in [-0.2, 0) is 13.0 Å². The molecule has 9 heteroatoms. The van der Waals surface area contributed by atoms with Crippen molar-refractivity contribution in [3.8, 4) is 11.5 Å². The van der Waals surface area contributed by atoms with Gasteiger partial charge in [0.25, 0.3) is 0 Å². The molecule has 0 atom stereocenters. The standard InChI is InChI=1S/C24H32N6O2.HI/c1-3-25-24(26-14-13-23-29-28-22-10-6-7-15-30(22)23)27-17-18-11-12-20(31-2)16-21(18)32-19-8-4-5-9-19;/h6-7,10-12,15-16,19H,3-5,8-9,13-14,17H2,1-2H3,(H2,25,26,27);1H. The highest BCUT2D eigenvalue weighted by Gasteiger charge is 2.18. The van der Waals surface area contributed by atoms with Gasteiger partial charge in [0.1, 0.15) is 17.3 Å². The minimum Gasteiger partial charge on any atom is -0.497 e. The molecule has 33 heavy (non-hydrogen) atoms. The number of nitrogens with zero attached hydrogens (tertiary/aromatic N) is 4. The smallest absolute Gasteiger partial charge is 0.191 e. The molecule has 0 aliphatic heterocycles. The number of hydrogen-bond donors (Lipinski definition) is 2. The van der Waals surface area contributed by atoms with Crippen LogP contribution in [0.2, 0.25) is 0 Å². The van der Waals surface area contributed by atoms with Crippen LogP contribution in [0.5, 0.6) is 11.5 Å². The first kappa shape index (κ1) is 25.1. The molecule has 0 bridgehead atoms. The lowest BCUT2D eigenvalue weighted by molar-refractivity contribution is 0.207. The Bertz CT molecular complexity index is 1050. The SMILES string of the molecule is CCNC(=NCc1ccc(OC)cc1OC1CCCC1)NCCc1nnc2ccccn12.I. The summed E-state index contributed by atoms with van der Waals surface area (Å²) in [5.74, 6) is 3.36. The number of rotatable bonds is 9. The zero-order valence-electron chi connectivity index (χ0n) is 19.3. The fourth-order valence-corrected chi connectivity index (χ4v) is 3.95. The summed E-state index contributed by atoms with van der Waals surface area (Å²) in [6, 6.07) is 11.9. The molecule has 1 aromatic carbocycles. The lowest BCUT2D eigenvalue weighted by atomic mass is 10.2. The van der Waals surface area contributed by atoms with Crippen LogP contribution in [0.3, 0.4) is 0 Å². The van der Waals surface area contributed by atoms with E-state index in [2.05, 4.69) is 27.8 Å². The van der Waals surface area contributed by atoms with Crippen LogP contribution in [-0.4, -0.2) is 46.9 Å². The van der Waals surface area contributed by atoms with Crippen molar-refractivity contribution in [1.29, 1.82) is 0 Å². The average Bonchev–Trinajstić information content (AvgIpc) is 3.48. The Hall–Kier alpha value is -2.56. The lowest BCUT2D eigenvalue weighted by Crippen LogP contribution is -2.38. The molecule has 2 aromatic heterocycles. The van der Waals surface area contributed by atoms with Crippen molar-refractivity contribution in [3.63, 3.8) is 0 Å². The number of benzene rings is 1. The molecular formula is C24H33IN6O2. The molecule has 1 aliphatic rings. The summed E-state index contributed by atoms with van der Waals surface area (Å²) in [6.45, 7) is 4.07. The second kappa shape index (κ2) is 12.6. The fourth-order valence-electron chi connectivity index (χ4n) is 3.95. The second-order valence-electron chi connectivity index (χ2n) is 7.91. The number of aliphatic imine (C=N–C) groups is 1. The van der Waals surface area contributed by atoms with E-state index in [4.69, 9.17) is 14.5 Å². The van der Waals surface area contributed by atoms with Crippen LogP contribution >= 0.6 is 24.0 Å². The van der Waals surface area contributed by atoms with E-state index in [9.17, 15) is 0 Å². The molecule has 2 N–H and O–H groups in total. The summed E-state index contributed by atoms with van der Waals surface area (Å²) < 4.78 is 13.7. The van der Waals surface area contributed by atoms with E-state index >= 15 is 0 Å². The number of aromatic nitrogens is 3. The van der Waals surface area contributed by atoms with Crippen LogP contribution in [0.25, 0.3) is 5.65 Å². The largest absolute Gasteiger partial charge is 0.497 e. The van der Waals surface area contributed by atoms with Gasteiger partial charge in [-0.3, -0.25) is 4.40 Å². The summed E-state index contributed by atoms with van der Waals surface area (Å²) in [5, 5.41) is 15.2. The molecule has 0 radical (unpaired) electrons. The van der Waals surface area contributed by atoms with Crippen LogP contribution in [0.4, 0.5) is 0 Å². The first-order valence-corrected chi connectivity index (χ1v) is 11.4. The van der Waals surface area contributed by atoms with Crippen molar-refractivity contribution < 1.29 is 9.47 Å². The molecule has 178 valence electrons. The van der Waals surface area contributed by atoms with Crippen LogP contribution in [0.1, 0.15) is 44.0 Å². The average molecular weight is 564 g/mol. The molecule has 3 aromatic rings. The topological polar surface area (TPSA) is 85.1 Å². The van der Waals surface area contributed by atoms with Gasteiger partial charge in [0.2, 0.25) is 0 Å². The molecule has 0 unspecified atom stereocenters. The molecule has 0 spiro atoms. The Morgan fingerprint density at radius 3 is 2.79 bits per heavy atom. The van der Waals surface area contributed by atoms with E-state index in [0.717, 1.165) is 60.3 Å². The predicted molar refractivity (Wildman–Crippen MR) is 141 cm³/mol. The van der Waals surface area contributed by atoms with Gasteiger partial charge in [0.15, 0.2) is 11.6 Å². The Labute approximate surface area is 212 Å². The minimum absolute atomic E-state index is 0. The fraction of sp³-hybridized carbons (Fsp3) is 0.458. The quantitative estimate of drug-likeness (QED) is 0.233. The van der Waals surface area contributed by atoms with Gasteiger partial charge in [-0.2, -0.15) is 0 Å². The van der Waals surface area contributed by atoms with Gasteiger partial charge in [-0.1, -0.05) is 6.07 Å². The Balaban J connectivity index is 0.00000306. The molecule has 0 saturated heterocycles. The number of guanidine groups is 1. The van der Waals surface area contributed by atoms with Crippen molar-refractivity contribution in [2.45, 2.75) is 51.7 Å². The van der Waals surface area contributed by atoms with E-state index < -0.39 is 0 Å². The summed E-state index contributed by atoms with van der Waals surface area (Å²) in [7, 11) is 1.68. The maximum Gasteiger partial charge on any atom is 0.191 e. The monoisotopic (exact) mass is 564 g/mol.